The van der Waals surface area contributed by atoms with Gasteiger partial charge >= 0.3 is 5.69 Å². The fourth-order valence-corrected chi connectivity index (χ4v) is 1.97. The molecular formula is C14H9N3O4. The maximum atomic E-state index is 11.2. The summed E-state index contributed by atoms with van der Waals surface area (Å²) in [6.45, 7) is 0. The van der Waals surface area contributed by atoms with E-state index >= 15 is 0 Å². The number of nitro groups is 1. The number of carbonyl (C=O) groups is 1. The zero-order valence-corrected chi connectivity index (χ0v) is 10.7. The molecule has 7 nitrogen and oxygen atoms in total. The SMILES string of the molecule is O=Cc1c(Oc2ccccc2[N+](=O)[O-])nc2ccccn12. The molecule has 0 amide bonds. The van der Waals surface area contributed by atoms with Gasteiger partial charge in [0.1, 0.15) is 5.65 Å². The summed E-state index contributed by atoms with van der Waals surface area (Å²) in [7, 11) is 0. The molecule has 2 aromatic heterocycles. The van der Waals surface area contributed by atoms with Crippen molar-refractivity contribution in [3.8, 4) is 11.6 Å². The van der Waals surface area contributed by atoms with Gasteiger partial charge in [-0.3, -0.25) is 19.3 Å². The first-order valence-electron chi connectivity index (χ1n) is 6.04. The zero-order valence-electron chi connectivity index (χ0n) is 10.7. The van der Waals surface area contributed by atoms with Crippen LogP contribution in [0, 0.1) is 10.1 Å². The van der Waals surface area contributed by atoms with E-state index in [9.17, 15) is 14.9 Å². The molecule has 104 valence electrons. The largest absolute Gasteiger partial charge is 0.430 e. The van der Waals surface area contributed by atoms with Crippen LogP contribution in [-0.2, 0) is 0 Å². The summed E-state index contributed by atoms with van der Waals surface area (Å²) >= 11 is 0. The van der Waals surface area contributed by atoms with Crippen LogP contribution in [0.25, 0.3) is 5.65 Å². The van der Waals surface area contributed by atoms with Crippen molar-refractivity contribution in [1.82, 2.24) is 9.38 Å². The smallest absolute Gasteiger partial charge is 0.311 e. The number of para-hydroxylation sites is 2. The molecule has 3 aromatic rings. The van der Waals surface area contributed by atoms with Crippen molar-refractivity contribution in [2.45, 2.75) is 0 Å². The summed E-state index contributed by atoms with van der Waals surface area (Å²) in [5.41, 5.74) is 0.531. The van der Waals surface area contributed by atoms with Crippen LogP contribution in [0.3, 0.4) is 0 Å². The molecule has 0 saturated heterocycles. The van der Waals surface area contributed by atoms with Crippen LogP contribution in [0.2, 0.25) is 0 Å². The molecule has 0 fully saturated rings. The summed E-state index contributed by atoms with van der Waals surface area (Å²) < 4.78 is 7.03. The molecule has 21 heavy (non-hydrogen) atoms. The van der Waals surface area contributed by atoms with E-state index < -0.39 is 4.92 Å². The molecule has 0 atom stereocenters. The molecule has 0 bridgehead atoms. The van der Waals surface area contributed by atoms with Gasteiger partial charge in [-0.2, -0.15) is 4.98 Å². The first-order valence-corrected chi connectivity index (χ1v) is 6.04. The minimum absolute atomic E-state index is 0.0329. The Balaban J connectivity index is 2.10. The van der Waals surface area contributed by atoms with Crippen LogP contribution in [0.1, 0.15) is 10.5 Å². The van der Waals surface area contributed by atoms with Crippen LogP contribution in [0.15, 0.2) is 48.7 Å². The third-order valence-electron chi connectivity index (χ3n) is 2.91. The van der Waals surface area contributed by atoms with Gasteiger partial charge in [-0.1, -0.05) is 18.2 Å². The Morgan fingerprint density at radius 2 is 1.95 bits per heavy atom. The number of aldehydes is 1. The molecule has 0 radical (unpaired) electrons. The number of imidazole rings is 1. The molecule has 0 saturated carbocycles. The van der Waals surface area contributed by atoms with Crippen molar-refractivity contribution in [2.75, 3.05) is 0 Å². The number of hydrogen-bond acceptors (Lipinski definition) is 5. The summed E-state index contributed by atoms with van der Waals surface area (Å²) in [6.07, 6.45) is 2.27. The fourth-order valence-electron chi connectivity index (χ4n) is 1.97. The van der Waals surface area contributed by atoms with Crippen molar-refractivity contribution in [1.29, 1.82) is 0 Å². The van der Waals surface area contributed by atoms with Gasteiger partial charge < -0.3 is 4.74 Å². The van der Waals surface area contributed by atoms with E-state index in [-0.39, 0.29) is 23.0 Å². The number of nitro benzene ring substituents is 1. The Morgan fingerprint density at radius 3 is 2.71 bits per heavy atom. The van der Waals surface area contributed by atoms with Crippen LogP contribution >= 0.6 is 0 Å². The fraction of sp³-hybridized carbons (Fsp3) is 0. The molecule has 0 aliphatic rings. The van der Waals surface area contributed by atoms with Gasteiger partial charge in [-0.15, -0.1) is 0 Å². The summed E-state index contributed by atoms with van der Waals surface area (Å²) in [5, 5.41) is 11.0. The van der Waals surface area contributed by atoms with E-state index in [0.29, 0.717) is 11.9 Å². The standard InChI is InChI=1S/C14H9N3O4/c18-9-11-14(15-13-7-3-4-8-16(11)13)21-12-6-2-1-5-10(12)17(19)20/h1-9H. The second kappa shape index (κ2) is 5.04. The first kappa shape index (κ1) is 12.8. The summed E-state index contributed by atoms with van der Waals surface area (Å²) in [4.78, 5) is 25.8. The Morgan fingerprint density at radius 1 is 1.19 bits per heavy atom. The van der Waals surface area contributed by atoms with Crippen LogP contribution in [-0.4, -0.2) is 20.6 Å². The monoisotopic (exact) mass is 283 g/mol. The molecule has 7 heteroatoms. The predicted octanol–water partition coefficient (Wildman–Crippen LogP) is 2.85. The van der Waals surface area contributed by atoms with Crippen LogP contribution in [0.5, 0.6) is 11.6 Å². The zero-order chi connectivity index (χ0) is 14.8. The van der Waals surface area contributed by atoms with E-state index in [2.05, 4.69) is 4.98 Å². The highest BCUT2D eigenvalue weighted by Gasteiger charge is 2.19. The van der Waals surface area contributed by atoms with Crippen molar-refractivity contribution < 1.29 is 14.5 Å². The number of fused-ring (bicyclic) bond motifs is 1. The number of hydrogen-bond donors (Lipinski definition) is 0. The maximum Gasteiger partial charge on any atom is 0.311 e. The van der Waals surface area contributed by atoms with E-state index in [1.807, 2.05) is 0 Å². The van der Waals surface area contributed by atoms with Gasteiger partial charge in [-0.05, 0) is 18.2 Å². The minimum Gasteiger partial charge on any atom is -0.430 e. The quantitative estimate of drug-likeness (QED) is 0.417. The number of pyridine rings is 1. The van der Waals surface area contributed by atoms with E-state index in [1.54, 1.807) is 34.9 Å². The van der Waals surface area contributed by atoms with E-state index in [4.69, 9.17) is 4.74 Å². The average Bonchev–Trinajstić information content (AvgIpc) is 2.84. The van der Waals surface area contributed by atoms with Crippen molar-refractivity contribution in [3.05, 3.63) is 64.5 Å². The second-order valence-corrected chi connectivity index (χ2v) is 4.18. The topological polar surface area (TPSA) is 86.7 Å². The molecular weight excluding hydrogens is 274 g/mol. The lowest BCUT2D eigenvalue weighted by Crippen LogP contribution is -1.96. The highest BCUT2D eigenvalue weighted by Crippen LogP contribution is 2.31. The summed E-state index contributed by atoms with van der Waals surface area (Å²) in [6, 6.07) is 11.2. The van der Waals surface area contributed by atoms with Gasteiger partial charge in [0.2, 0.25) is 11.6 Å². The van der Waals surface area contributed by atoms with Crippen molar-refractivity contribution in [2.24, 2.45) is 0 Å². The van der Waals surface area contributed by atoms with Gasteiger partial charge in [-0.25, -0.2) is 0 Å². The Labute approximate surface area is 118 Å². The Hall–Kier alpha value is -3.22. The van der Waals surface area contributed by atoms with Crippen molar-refractivity contribution in [3.63, 3.8) is 0 Å². The van der Waals surface area contributed by atoms with E-state index in [1.165, 1.54) is 18.2 Å². The molecule has 1 aromatic carbocycles. The molecule has 3 rings (SSSR count). The number of rotatable bonds is 4. The number of carbonyl (C=O) groups excluding carboxylic acids is 1. The summed E-state index contributed by atoms with van der Waals surface area (Å²) in [5.74, 6) is 0.0690. The first-order chi connectivity index (χ1) is 10.2. The second-order valence-electron chi connectivity index (χ2n) is 4.18. The normalized spacial score (nSPS) is 10.5. The number of aromatic nitrogens is 2. The Kier molecular flexibility index (Phi) is 3.07. The average molecular weight is 283 g/mol. The van der Waals surface area contributed by atoms with Crippen LogP contribution in [0.4, 0.5) is 5.69 Å². The maximum absolute atomic E-state index is 11.2. The molecule has 0 spiro atoms. The lowest BCUT2D eigenvalue weighted by atomic mass is 10.3. The molecule has 0 N–H and O–H groups in total. The highest BCUT2D eigenvalue weighted by atomic mass is 16.6. The van der Waals surface area contributed by atoms with Gasteiger partial charge in [0.05, 0.1) is 4.92 Å². The molecule has 0 aliphatic carbocycles. The lowest BCUT2D eigenvalue weighted by molar-refractivity contribution is -0.385. The van der Waals surface area contributed by atoms with E-state index in [0.717, 1.165) is 0 Å². The number of ether oxygens (including phenoxy) is 1. The predicted molar refractivity (Wildman–Crippen MR) is 73.7 cm³/mol. The van der Waals surface area contributed by atoms with Gasteiger partial charge in [0, 0.05) is 12.3 Å². The molecule has 0 unspecified atom stereocenters. The minimum atomic E-state index is -0.550. The number of benzene rings is 1. The number of nitrogens with zero attached hydrogens (tertiary/aromatic N) is 3. The van der Waals surface area contributed by atoms with Gasteiger partial charge in [0.15, 0.2) is 12.0 Å². The lowest BCUT2D eigenvalue weighted by Gasteiger charge is -2.03. The third-order valence-corrected chi connectivity index (χ3v) is 2.91. The highest BCUT2D eigenvalue weighted by molar-refractivity contribution is 5.78. The molecule has 2 heterocycles. The molecule has 0 aliphatic heterocycles. The third kappa shape index (κ3) is 2.20. The van der Waals surface area contributed by atoms with Crippen molar-refractivity contribution >= 4 is 17.6 Å². The van der Waals surface area contributed by atoms with Crippen LogP contribution < -0.4 is 4.74 Å². The Bertz CT molecular complexity index is 841. The van der Waals surface area contributed by atoms with Gasteiger partial charge in [0.25, 0.3) is 0 Å².